The molecule has 108 valence electrons. The van der Waals surface area contributed by atoms with Crippen molar-refractivity contribution in [2.75, 3.05) is 12.3 Å². The largest absolute Gasteiger partial charge is 0.464 e. The first-order valence-electron chi connectivity index (χ1n) is 5.57. The lowest BCUT2D eigenvalue weighted by Crippen LogP contribution is -2.34. The Kier molecular flexibility index (Phi) is 5.61. The lowest BCUT2D eigenvalue weighted by molar-refractivity contribution is -0.237. The highest BCUT2D eigenvalue weighted by atomic mass is 32.2. The fourth-order valence-corrected chi connectivity index (χ4v) is 1.94. The van der Waals surface area contributed by atoms with Crippen LogP contribution in [-0.2, 0) is 6.54 Å². The third-order valence-corrected chi connectivity index (χ3v) is 3.34. The molecule has 1 N–H and O–H groups in total. The first-order chi connectivity index (χ1) is 8.72. The maximum Gasteiger partial charge on any atom is 0.464 e. The highest BCUT2D eigenvalue weighted by Crippen LogP contribution is 2.43. The molecule has 0 fully saturated rings. The average molecular weight is 299 g/mol. The zero-order valence-corrected chi connectivity index (χ0v) is 11.0. The van der Waals surface area contributed by atoms with Crippen molar-refractivity contribution in [2.24, 2.45) is 0 Å². The molecule has 0 aliphatic carbocycles. The minimum absolute atomic E-state index is 0.0875. The van der Waals surface area contributed by atoms with Crippen molar-refractivity contribution < 1.29 is 22.0 Å². The van der Waals surface area contributed by atoms with E-state index in [-0.39, 0.29) is 12.3 Å². The van der Waals surface area contributed by atoms with Crippen molar-refractivity contribution in [1.29, 1.82) is 0 Å². The Morgan fingerprint density at radius 2 is 1.63 bits per heavy atom. The van der Waals surface area contributed by atoms with Gasteiger partial charge in [0.2, 0.25) is 0 Å². The highest BCUT2D eigenvalue weighted by Gasteiger charge is 2.57. The molecule has 0 atom stereocenters. The van der Waals surface area contributed by atoms with Gasteiger partial charge in [0.1, 0.15) is 0 Å². The summed E-state index contributed by atoms with van der Waals surface area (Å²) in [6, 6.07) is 7.56. The summed E-state index contributed by atoms with van der Waals surface area (Å²) in [5.74, 6) is -0.307. The number of benzene rings is 1. The van der Waals surface area contributed by atoms with Gasteiger partial charge >= 0.3 is 11.4 Å². The van der Waals surface area contributed by atoms with Crippen LogP contribution in [0.25, 0.3) is 0 Å². The van der Waals surface area contributed by atoms with Crippen LogP contribution in [0.4, 0.5) is 22.0 Å². The Morgan fingerprint density at radius 1 is 1.05 bits per heavy atom. The molecule has 1 nitrogen and oxygen atoms in total. The SMILES string of the molecule is Cc1ccc(CNCCSC(F)(F)C(F)(F)F)cc1. The maximum absolute atomic E-state index is 12.5. The van der Waals surface area contributed by atoms with Crippen molar-refractivity contribution in [2.45, 2.75) is 24.9 Å². The second kappa shape index (κ2) is 6.56. The molecule has 0 saturated carbocycles. The number of alkyl halides is 5. The topological polar surface area (TPSA) is 12.0 Å². The normalized spacial score (nSPS) is 12.7. The van der Waals surface area contributed by atoms with E-state index in [1.807, 2.05) is 31.2 Å². The third kappa shape index (κ3) is 5.36. The average Bonchev–Trinajstić information content (AvgIpc) is 2.29. The van der Waals surface area contributed by atoms with E-state index in [9.17, 15) is 22.0 Å². The van der Waals surface area contributed by atoms with Crippen LogP contribution in [0.3, 0.4) is 0 Å². The molecule has 19 heavy (non-hydrogen) atoms. The van der Waals surface area contributed by atoms with E-state index in [1.54, 1.807) is 0 Å². The lowest BCUT2D eigenvalue weighted by atomic mass is 10.1. The van der Waals surface area contributed by atoms with Crippen LogP contribution in [0.1, 0.15) is 11.1 Å². The van der Waals surface area contributed by atoms with Crippen LogP contribution in [-0.4, -0.2) is 23.7 Å². The third-order valence-electron chi connectivity index (χ3n) is 2.34. The number of nitrogens with one attached hydrogen (secondary N) is 1. The van der Waals surface area contributed by atoms with Gasteiger partial charge in [0.05, 0.1) is 0 Å². The van der Waals surface area contributed by atoms with Crippen LogP contribution in [0.15, 0.2) is 24.3 Å². The second-order valence-electron chi connectivity index (χ2n) is 4.03. The van der Waals surface area contributed by atoms with E-state index in [0.29, 0.717) is 6.54 Å². The Hall–Kier alpha value is -0.820. The van der Waals surface area contributed by atoms with E-state index in [0.717, 1.165) is 11.1 Å². The van der Waals surface area contributed by atoms with E-state index in [4.69, 9.17) is 0 Å². The van der Waals surface area contributed by atoms with Gasteiger partial charge in [-0.05, 0) is 12.5 Å². The van der Waals surface area contributed by atoms with Gasteiger partial charge in [0.25, 0.3) is 0 Å². The summed E-state index contributed by atoms with van der Waals surface area (Å²) in [5, 5.41) is -1.86. The van der Waals surface area contributed by atoms with Gasteiger partial charge in [-0.3, -0.25) is 0 Å². The van der Waals surface area contributed by atoms with Crippen molar-refractivity contribution in [3.63, 3.8) is 0 Å². The van der Waals surface area contributed by atoms with Gasteiger partial charge in [-0.1, -0.05) is 41.6 Å². The summed E-state index contributed by atoms with van der Waals surface area (Å²) in [6.07, 6.45) is -5.49. The number of thioether (sulfide) groups is 1. The zero-order chi connectivity index (χ0) is 14.5. The molecule has 0 aromatic heterocycles. The van der Waals surface area contributed by atoms with Crippen LogP contribution in [0.2, 0.25) is 0 Å². The van der Waals surface area contributed by atoms with Gasteiger partial charge in [0, 0.05) is 18.8 Å². The molecule has 1 aromatic rings. The molecule has 1 aromatic carbocycles. The van der Waals surface area contributed by atoms with E-state index < -0.39 is 23.2 Å². The number of hydrogen-bond donors (Lipinski definition) is 1. The van der Waals surface area contributed by atoms with Crippen molar-refractivity contribution >= 4 is 11.8 Å². The van der Waals surface area contributed by atoms with Crippen LogP contribution >= 0.6 is 11.8 Å². The van der Waals surface area contributed by atoms with Gasteiger partial charge in [0.15, 0.2) is 0 Å². The molecule has 7 heteroatoms. The molecular formula is C12H14F5NS. The predicted octanol–water partition coefficient (Wildman–Crippen LogP) is 3.97. The molecule has 0 aliphatic rings. The Balaban J connectivity index is 2.23. The Morgan fingerprint density at radius 3 is 2.16 bits per heavy atom. The summed E-state index contributed by atoms with van der Waals surface area (Å²) >= 11 is -0.398. The van der Waals surface area contributed by atoms with Gasteiger partial charge in [-0.2, -0.15) is 22.0 Å². The van der Waals surface area contributed by atoms with Gasteiger partial charge in [-0.25, -0.2) is 0 Å². The van der Waals surface area contributed by atoms with Crippen molar-refractivity contribution in [3.05, 3.63) is 35.4 Å². The molecule has 0 heterocycles. The Labute approximate surface area is 112 Å². The molecule has 0 unspecified atom stereocenters. The van der Waals surface area contributed by atoms with E-state index in [1.165, 1.54) is 0 Å². The summed E-state index contributed by atoms with van der Waals surface area (Å²) in [5.41, 5.74) is 2.06. The number of aryl methyl sites for hydroxylation is 1. The smallest absolute Gasteiger partial charge is 0.312 e. The molecule has 0 bridgehead atoms. The van der Waals surface area contributed by atoms with Gasteiger partial charge < -0.3 is 5.32 Å². The fraction of sp³-hybridized carbons (Fsp3) is 0.500. The number of rotatable bonds is 6. The maximum atomic E-state index is 12.5. The molecule has 0 amide bonds. The lowest BCUT2D eigenvalue weighted by Gasteiger charge is -2.18. The zero-order valence-electron chi connectivity index (χ0n) is 10.2. The summed E-state index contributed by atoms with van der Waals surface area (Å²) in [7, 11) is 0. The Bertz CT molecular complexity index is 388. The summed E-state index contributed by atoms with van der Waals surface area (Å²) in [4.78, 5) is 0. The minimum Gasteiger partial charge on any atom is -0.312 e. The molecule has 1 rings (SSSR count). The van der Waals surface area contributed by atoms with E-state index >= 15 is 0 Å². The quantitative estimate of drug-likeness (QED) is 0.630. The first kappa shape index (κ1) is 16.2. The van der Waals surface area contributed by atoms with Crippen molar-refractivity contribution in [1.82, 2.24) is 5.32 Å². The molecule has 0 aliphatic heterocycles. The van der Waals surface area contributed by atoms with Crippen LogP contribution < -0.4 is 5.32 Å². The van der Waals surface area contributed by atoms with Crippen LogP contribution in [0.5, 0.6) is 0 Å². The highest BCUT2D eigenvalue weighted by molar-refractivity contribution is 8.00. The van der Waals surface area contributed by atoms with Crippen molar-refractivity contribution in [3.8, 4) is 0 Å². The second-order valence-corrected chi connectivity index (χ2v) is 5.24. The predicted molar refractivity (Wildman–Crippen MR) is 66.3 cm³/mol. The summed E-state index contributed by atoms with van der Waals surface area (Å²) < 4.78 is 60.6. The first-order valence-corrected chi connectivity index (χ1v) is 6.56. The monoisotopic (exact) mass is 299 g/mol. The van der Waals surface area contributed by atoms with Gasteiger partial charge in [-0.15, -0.1) is 0 Å². The van der Waals surface area contributed by atoms with E-state index in [2.05, 4.69) is 5.32 Å². The molecule has 0 spiro atoms. The number of halogens is 5. The molecule has 0 saturated heterocycles. The number of hydrogen-bond acceptors (Lipinski definition) is 2. The standard InChI is InChI=1S/C12H14F5NS/c1-9-2-4-10(5-3-9)8-18-6-7-19-12(16,17)11(13,14)15/h2-5,18H,6-8H2,1H3. The summed E-state index contributed by atoms with van der Waals surface area (Å²) in [6.45, 7) is 2.47. The minimum atomic E-state index is -5.49. The molecule has 0 radical (unpaired) electrons. The fourth-order valence-electron chi connectivity index (χ4n) is 1.27. The van der Waals surface area contributed by atoms with Crippen LogP contribution in [0, 0.1) is 6.92 Å². The molecular weight excluding hydrogens is 285 g/mol.